The minimum atomic E-state index is -0.383. The quantitative estimate of drug-likeness (QED) is 0.438. The third kappa shape index (κ3) is 4.53. The van der Waals surface area contributed by atoms with Crippen molar-refractivity contribution in [3.63, 3.8) is 0 Å². The molecule has 0 bridgehead atoms. The summed E-state index contributed by atoms with van der Waals surface area (Å²) in [6, 6.07) is 9.23. The number of carbonyl (C=O) groups excluding carboxylic acids is 1. The molecule has 0 aliphatic rings. The minimum absolute atomic E-state index is 0.172. The van der Waals surface area contributed by atoms with Crippen molar-refractivity contribution < 1.29 is 9.53 Å². The zero-order valence-corrected chi connectivity index (χ0v) is 11.8. The average Bonchev–Trinajstić information content (AvgIpc) is 2.47. The van der Waals surface area contributed by atoms with Gasteiger partial charge in [0.15, 0.2) is 0 Å². The maximum absolute atomic E-state index is 11.6. The molecule has 0 aromatic heterocycles. The molecule has 0 spiro atoms. The van der Waals surface area contributed by atoms with Crippen LogP contribution >= 0.6 is 0 Å². The lowest BCUT2D eigenvalue weighted by Crippen LogP contribution is -2.33. The van der Waals surface area contributed by atoms with Crippen molar-refractivity contribution in [1.82, 2.24) is 10.3 Å². The van der Waals surface area contributed by atoms with Gasteiger partial charge in [-0.3, -0.25) is 15.1 Å². The summed E-state index contributed by atoms with van der Waals surface area (Å²) >= 11 is 0. The highest BCUT2D eigenvalue weighted by Crippen LogP contribution is 2.17. The monoisotopic (exact) mass is 276 g/mol. The Balaban J connectivity index is 2.54. The van der Waals surface area contributed by atoms with Crippen LogP contribution < -0.4 is 16.0 Å². The van der Waals surface area contributed by atoms with E-state index in [1.807, 2.05) is 18.9 Å². The van der Waals surface area contributed by atoms with Crippen molar-refractivity contribution in [3.05, 3.63) is 29.8 Å². The second-order valence-electron chi connectivity index (χ2n) is 4.51. The molecular weight excluding hydrogens is 256 g/mol. The van der Waals surface area contributed by atoms with Gasteiger partial charge in [0.05, 0.1) is 18.1 Å². The van der Waals surface area contributed by atoms with Crippen LogP contribution in [0, 0.1) is 11.3 Å². The number of likely N-dealkylation sites (N-methyl/N-ethyl adjacent to an activating group) is 1. The normalized spacial score (nSPS) is 11.8. The molecule has 0 saturated heterocycles. The van der Waals surface area contributed by atoms with Crippen molar-refractivity contribution in [2.75, 3.05) is 20.2 Å². The zero-order chi connectivity index (χ0) is 15.0. The summed E-state index contributed by atoms with van der Waals surface area (Å²) in [6.07, 6.45) is 0.475. The van der Waals surface area contributed by atoms with E-state index >= 15 is 0 Å². The first-order valence-electron chi connectivity index (χ1n) is 6.40. The number of para-hydroxylation sites is 1. The number of nitriles is 1. The standard InChI is InChI=1S/C14H20N4O2/c1-11(7-8-15)18(2)9-10-20-13-6-4-3-5-12(13)14(19)17-16/h3-6,11H,7,9-10,16H2,1-2H3,(H,17,19). The Bertz CT molecular complexity index is 484. The summed E-state index contributed by atoms with van der Waals surface area (Å²) in [7, 11) is 1.93. The van der Waals surface area contributed by atoms with Crippen LogP contribution in [0.5, 0.6) is 5.75 Å². The van der Waals surface area contributed by atoms with Crippen molar-refractivity contribution >= 4 is 5.91 Å². The summed E-state index contributed by atoms with van der Waals surface area (Å²) in [5.41, 5.74) is 2.50. The average molecular weight is 276 g/mol. The molecule has 6 heteroatoms. The van der Waals surface area contributed by atoms with Gasteiger partial charge in [0.25, 0.3) is 5.91 Å². The Kier molecular flexibility index (Phi) is 6.50. The lowest BCUT2D eigenvalue weighted by Gasteiger charge is -2.22. The minimum Gasteiger partial charge on any atom is -0.491 e. The van der Waals surface area contributed by atoms with E-state index in [9.17, 15) is 4.79 Å². The number of nitrogens with two attached hydrogens (primary N) is 1. The SMILES string of the molecule is CC(CC#N)N(C)CCOc1ccccc1C(=O)NN. The lowest BCUT2D eigenvalue weighted by molar-refractivity contribution is 0.0948. The van der Waals surface area contributed by atoms with E-state index in [0.29, 0.717) is 30.9 Å². The summed E-state index contributed by atoms with van der Waals surface area (Å²) < 4.78 is 5.62. The smallest absolute Gasteiger partial charge is 0.268 e. The number of hydrogen-bond acceptors (Lipinski definition) is 5. The lowest BCUT2D eigenvalue weighted by atomic mass is 10.2. The summed E-state index contributed by atoms with van der Waals surface area (Å²) in [4.78, 5) is 13.6. The van der Waals surface area contributed by atoms with Gasteiger partial charge in [0.1, 0.15) is 12.4 Å². The summed E-state index contributed by atoms with van der Waals surface area (Å²) in [5.74, 6) is 5.24. The van der Waals surface area contributed by atoms with Gasteiger partial charge < -0.3 is 4.74 Å². The molecule has 0 radical (unpaired) electrons. The molecule has 1 amide bonds. The first-order chi connectivity index (χ1) is 9.60. The van der Waals surface area contributed by atoms with E-state index in [-0.39, 0.29) is 11.9 Å². The second-order valence-corrected chi connectivity index (χ2v) is 4.51. The number of amides is 1. The Morgan fingerprint density at radius 1 is 1.55 bits per heavy atom. The van der Waals surface area contributed by atoms with Crippen molar-refractivity contribution in [2.24, 2.45) is 5.84 Å². The van der Waals surface area contributed by atoms with Gasteiger partial charge in [-0.1, -0.05) is 12.1 Å². The molecule has 0 fully saturated rings. The number of benzene rings is 1. The van der Waals surface area contributed by atoms with E-state index < -0.39 is 0 Å². The maximum Gasteiger partial charge on any atom is 0.268 e. The van der Waals surface area contributed by atoms with Crippen LogP contribution in [0.3, 0.4) is 0 Å². The third-order valence-electron chi connectivity index (χ3n) is 3.10. The predicted molar refractivity (Wildman–Crippen MR) is 75.9 cm³/mol. The van der Waals surface area contributed by atoms with Gasteiger partial charge in [0.2, 0.25) is 0 Å². The van der Waals surface area contributed by atoms with Gasteiger partial charge in [-0.25, -0.2) is 5.84 Å². The van der Waals surface area contributed by atoms with Crippen LogP contribution in [0.2, 0.25) is 0 Å². The summed E-state index contributed by atoms with van der Waals surface area (Å²) in [6.45, 7) is 3.08. The first-order valence-corrected chi connectivity index (χ1v) is 6.40. The Hall–Kier alpha value is -2.10. The van der Waals surface area contributed by atoms with Crippen LogP contribution in [0.4, 0.5) is 0 Å². The molecule has 1 aromatic rings. The molecule has 0 aliphatic carbocycles. The number of nitrogens with zero attached hydrogens (tertiary/aromatic N) is 2. The molecule has 0 aliphatic heterocycles. The van der Waals surface area contributed by atoms with Gasteiger partial charge in [-0.15, -0.1) is 0 Å². The van der Waals surface area contributed by atoms with Crippen molar-refractivity contribution in [2.45, 2.75) is 19.4 Å². The molecule has 6 nitrogen and oxygen atoms in total. The molecule has 20 heavy (non-hydrogen) atoms. The van der Waals surface area contributed by atoms with E-state index in [2.05, 4.69) is 11.5 Å². The molecule has 1 rings (SSSR count). The number of nitrogen functional groups attached to an aromatic ring is 1. The van der Waals surface area contributed by atoms with Crippen LogP contribution in [-0.2, 0) is 0 Å². The van der Waals surface area contributed by atoms with Crippen LogP contribution in [0.25, 0.3) is 0 Å². The molecular formula is C14H20N4O2. The Morgan fingerprint density at radius 3 is 2.90 bits per heavy atom. The number of hydrogen-bond donors (Lipinski definition) is 2. The number of rotatable bonds is 7. The molecule has 1 aromatic carbocycles. The van der Waals surface area contributed by atoms with Gasteiger partial charge in [-0.05, 0) is 26.1 Å². The molecule has 0 saturated carbocycles. The number of nitrogens with one attached hydrogen (secondary N) is 1. The molecule has 0 heterocycles. The van der Waals surface area contributed by atoms with E-state index in [1.165, 1.54) is 0 Å². The van der Waals surface area contributed by atoms with E-state index in [1.54, 1.807) is 24.3 Å². The predicted octanol–water partition coefficient (Wildman–Crippen LogP) is 0.903. The van der Waals surface area contributed by atoms with Crippen LogP contribution in [-0.4, -0.2) is 37.0 Å². The molecule has 1 atom stereocenters. The Morgan fingerprint density at radius 2 is 2.25 bits per heavy atom. The first kappa shape index (κ1) is 16.0. The highest BCUT2D eigenvalue weighted by Gasteiger charge is 2.12. The number of hydrazine groups is 1. The fraction of sp³-hybridized carbons (Fsp3) is 0.429. The zero-order valence-electron chi connectivity index (χ0n) is 11.8. The molecule has 1 unspecified atom stereocenters. The van der Waals surface area contributed by atoms with E-state index in [4.69, 9.17) is 15.8 Å². The fourth-order valence-corrected chi connectivity index (χ4v) is 1.67. The highest BCUT2D eigenvalue weighted by molar-refractivity contribution is 5.96. The highest BCUT2D eigenvalue weighted by atomic mass is 16.5. The van der Waals surface area contributed by atoms with Crippen molar-refractivity contribution in [3.8, 4) is 11.8 Å². The molecule has 108 valence electrons. The number of ether oxygens (including phenoxy) is 1. The van der Waals surface area contributed by atoms with Crippen LogP contribution in [0.15, 0.2) is 24.3 Å². The third-order valence-corrected chi connectivity index (χ3v) is 3.10. The van der Waals surface area contributed by atoms with Crippen LogP contribution in [0.1, 0.15) is 23.7 Å². The Labute approximate surface area is 119 Å². The van der Waals surface area contributed by atoms with E-state index in [0.717, 1.165) is 0 Å². The topological polar surface area (TPSA) is 91.4 Å². The van der Waals surface area contributed by atoms with Crippen molar-refractivity contribution in [1.29, 1.82) is 5.26 Å². The molecule has 3 N–H and O–H groups in total. The number of carbonyl (C=O) groups is 1. The second kappa shape index (κ2) is 8.15. The van der Waals surface area contributed by atoms with Gasteiger partial charge in [0, 0.05) is 12.6 Å². The van der Waals surface area contributed by atoms with Gasteiger partial charge in [-0.2, -0.15) is 5.26 Å². The fourth-order valence-electron chi connectivity index (χ4n) is 1.67. The van der Waals surface area contributed by atoms with Gasteiger partial charge >= 0.3 is 0 Å². The summed E-state index contributed by atoms with van der Waals surface area (Å²) in [5, 5.41) is 8.65. The largest absolute Gasteiger partial charge is 0.491 e. The maximum atomic E-state index is 11.6.